The lowest BCUT2D eigenvalue weighted by Crippen LogP contribution is -2.45. The first kappa shape index (κ1) is 20.3. The van der Waals surface area contributed by atoms with Gasteiger partial charge in [0.2, 0.25) is 11.8 Å². The normalized spacial score (nSPS) is 16.7. The van der Waals surface area contributed by atoms with Crippen LogP contribution in [-0.2, 0) is 6.54 Å². The number of benzene rings is 1. The Labute approximate surface area is 167 Å². The third-order valence-corrected chi connectivity index (χ3v) is 5.54. The van der Waals surface area contributed by atoms with Crippen LogP contribution < -0.4 is 5.32 Å². The van der Waals surface area contributed by atoms with E-state index in [9.17, 15) is 4.79 Å². The molecule has 0 radical (unpaired) electrons. The highest BCUT2D eigenvalue weighted by Crippen LogP contribution is 2.28. The van der Waals surface area contributed by atoms with Gasteiger partial charge in [-0.1, -0.05) is 31.2 Å². The molecule has 0 saturated carbocycles. The molecule has 2 amide bonds. The predicted octanol–water partition coefficient (Wildman–Crippen LogP) is 3.30. The van der Waals surface area contributed by atoms with E-state index in [1.165, 1.54) is 24.0 Å². The van der Waals surface area contributed by atoms with E-state index >= 15 is 0 Å². The van der Waals surface area contributed by atoms with Crippen molar-refractivity contribution in [2.24, 2.45) is 5.92 Å². The van der Waals surface area contributed by atoms with Crippen LogP contribution in [-0.4, -0.2) is 52.7 Å². The van der Waals surface area contributed by atoms with Crippen LogP contribution in [0.3, 0.4) is 0 Å². The van der Waals surface area contributed by atoms with Crippen LogP contribution >= 0.6 is 0 Å². The lowest BCUT2D eigenvalue weighted by atomic mass is 9.94. The van der Waals surface area contributed by atoms with Crippen molar-refractivity contribution in [3.05, 3.63) is 47.2 Å². The molecule has 0 bridgehead atoms. The molecular weight excluding hydrogens is 354 g/mol. The fourth-order valence-corrected chi connectivity index (χ4v) is 3.73. The van der Waals surface area contributed by atoms with Gasteiger partial charge in [0.1, 0.15) is 6.54 Å². The molecule has 1 aliphatic heterocycles. The van der Waals surface area contributed by atoms with Gasteiger partial charge in [-0.25, -0.2) is 4.79 Å². The number of aryl methyl sites for hydroxylation is 2. The lowest BCUT2D eigenvalue weighted by molar-refractivity contribution is 0.133. The molecule has 1 atom stereocenters. The zero-order valence-electron chi connectivity index (χ0n) is 17.3. The quantitative estimate of drug-likeness (QED) is 0.826. The molecular formula is C21H31N5O2. The number of hydrogen-bond acceptors (Lipinski definition) is 5. The van der Waals surface area contributed by atoms with Crippen molar-refractivity contribution in [2.75, 3.05) is 26.7 Å². The molecule has 28 heavy (non-hydrogen) atoms. The number of nitrogens with zero attached hydrogens (tertiary/aromatic N) is 4. The van der Waals surface area contributed by atoms with Crippen LogP contribution in [0.5, 0.6) is 0 Å². The highest BCUT2D eigenvalue weighted by molar-refractivity contribution is 5.73. The van der Waals surface area contributed by atoms with Gasteiger partial charge >= 0.3 is 6.03 Å². The van der Waals surface area contributed by atoms with Crippen LogP contribution in [0.1, 0.15) is 48.7 Å². The van der Waals surface area contributed by atoms with Crippen molar-refractivity contribution < 1.29 is 9.21 Å². The molecule has 7 heteroatoms. The first-order chi connectivity index (χ1) is 13.4. The van der Waals surface area contributed by atoms with Gasteiger partial charge < -0.3 is 14.6 Å². The SMILES string of the molecule is Cc1nnc(CN(C)C(=O)NC[C@H](c2ccccc2C)N2CCC(C)CC2)o1. The van der Waals surface area contributed by atoms with Gasteiger partial charge in [-0.15, -0.1) is 10.2 Å². The van der Waals surface area contributed by atoms with Crippen LogP contribution in [0.2, 0.25) is 0 Å². The van der Waals surface area contributed by atoms with Crippen molar-refractivity contribution in [3.63, 3.8) is 0 Å². The Morgan fingerprint density at radius 2 is 2.00 bits per heavy atom. The second-order valence-electron chi connectivity index (χ2n) is 7.85. The number of hydrogen-bond donors (Lipinski definition) is 1. The number of rotatable bonds is 6. The van der Waals surface area contributed by atoms with E-state index in [1.54, 1.807) is 18.9 Å². The van der Waals surface area contributed by atoms with Gasteiger partial charge in [0, 0.05) is 20.5 Å². The fraction of sp³-hybridized carbons (Fsp3) is 0.571. The van der Waals surface area contributed by atoms with E-state index in [0.717, 1.165) is 19.0 Å². The average molecular weight is 386 g/mol. The van der Waals surface area contributed by atoms with Gasteiger partial charge in [0.25, 0.3) is 0 Å². The lowest BCUT2D eigenvalue weighted by Gasteiger charge is -2.38. The standard InChI is InChI=1S/C21H31N5O2/c1-15-9-11-26(12-10-15)19(18-8-6-5-7-16(18)2)13-22-21(27)25(4)14-20-24-23-17(3)28-20/h5-8,15,19H,9-14H2,1-4H3,(H,22,27)/t19-/m1/s1. The highest BCUT2D eigenvalue weighted by Gasteiger charge is 2.26. The molecule has 0 aliphatic carbocycles. The summed E-state index contributed by atoms with van der Waals surface area (Å²) in [5.41, 5.74) is 2.54. The van der Waals surface area contributed by atoms with E-state index in [2.05, 4.69) is 58.5 Å². The topological polar surface area (TPSA) is 74.5 Å². The van der Waals surface area contributed by atoms with E-state index in [-0.39, 0.29) is 12.1 Å². The van der Waals surface area contributed by atoms with E-state index in [4.69, 9.17) is 4.42 Å². The van der Waals surface area contributed by atoms with Crippen LogP contribution in [0.25, 0.3) is 0 Å². The van der Waals surface area contributed by atoms with E-state index in [0.29, 0.717) is 24.9 Å². The van der Waals surface area contributed by atoms with E-state index < -0.39 is 0 Å². The van der Waals surface area contributed by atoms with Crippen LogP contribution in [0.15, 0.2) is 28.7 Å². The molecule has 0 unspecified atom stereocenters. The number of amides is 2. The summed E-state index contributed by atoms with van der Waals surface area (Å²) in [6, 6.07) is 8.49. The Kier molecular flexibility index (Phi) is 6.67. The molecule has 1 saturated heterocycles. The summed E-state index contributed by atoms with van der Waals surface area (Å²) in [5.74, 6) is 1.71. The summed E-state index contributed by atoms with van der Waals surface area (Å²) in [6.07, 6.45) is 2.40. The number of aromatic nitrogens is 2. The minimum atomic E-state index is -0.139. The van der Waals surface area contributed by atoms with Crippen molar-refractivity contribution in [3.8, 4) is 0 Å². The Hall–Kier alpha value is -2.41. The second-order valence-corrected chi connectivity index (χ2v) is 7.85. The zero-order chi connectivity index (χ0) is 20.1. The summed E-state index contributed by atoms with van der Waals surface area (Å²) < 4.78 is 5.37. The van der Waals surface area contributed by atoms with Gasteiger partial charge in [-0.05, 0) is 49.9 Å². The number of piperidine rings is 1. The first-order valence-corrected chi connectivity index (χ1v) is 10.0. The molecule has 1 aliphatic rings. The molecule has 0 spiro atoms. The highest BCUT2D eigenvalue weighted by atomic mass is 16.4. The second kappa shape index (κ2) is 9.19. The minimum Gasteiger partial charge on any atom is -0.424 e. The molecule has 2 aromatic rings. The predicted molar refractivity (Wildman–Crippen MR) is 108 cm³/mol. The third-order valence-electron chi connectivity index (χ3n) is 5.54. The minimum absolute atomic E-state index is 0.139. The maximum atomic E-state index is 12.6. The van der Waals surface area contributed by atoms with Crippen molar-refractivity contribution in [2.45, 2.75) is 46.2 Å². The summed E-state index contributed by atoms with van der Waals surface area (Å²) in [7, 11) is 1.74. The number of nitrogens with one attached hydrogen (secondary N) is 1. The van der Waals surface area contributed by atoms with Gasteiger partial charge in [-0.3, -0.25) is 4.90 Å². The number of likely N-dealkylation sites (tertiary alicyclic amines) is 1. The molecule has 152 valence electrons. The van der Waals surface area contributed by atoms with Gasteiger partial charge in [0.05, 0.1) is 6.04 Å². The molecule has 7 nitrogen and oxygen atoms in total. The van der Waals surface area contributed by atoms with Crippen molar-refractivity contribution in [1.29, 1.82) is 0 Å². The Bertz CT molecular complexity index is 783. The fourth-order valence-electron chi connectivity index (χ4n) is 3.73. The van der Waals surface area contributed by atoms with E-state index in [1.807, 2.05) is 0 Å². The monoisotopic (exact) mass is 385 g/mol. The summed E-state index contributed by atoms with van der Waals surface area (Å²) in [6.45, 7) is 9.19. The summed E-state index contributed by atoms with van der Waals surface area (Å²) in [4.78, 5) is 16.7. The van der Waals surface area contributed by atoms with Crippen LogP contribution in [0, 0.1) is 19.8 Å². The average Bonchev–Trinajstić information content (AvgIpc) is 3.09. The number of carbonyl (C=O) groups excluding carboxylic acids is 1. The number of urea groups is 1. The maximum absolute atomic E-state index is 12.6. The summed E-state index contributed by atoms with van der Waals surface area (Å²) >= 11 is 0. The molecule has 1 aromatic heterocycles. The summed E-state index contributed by atoms with van der Waals surface area (Å²) in [5, 5.41) is 10.9. The van der Waals surface area contributed by atoms with Gasteiger partial charge in [0.15, 0.2) is 0 Å². The first-order valence-electron chi connectivity index (χ1n) is 10.0. The zero-order valence-corrected chi connectivity index (χ0v) is 17.3. The van der Waals surface area contributed by atoms with Crippen molar-refractivity contribution in [1.82, 2.24) is 25.3 Å². The molecule has 2 heterocycles. The maximum Gasteiger partial charge on any atom is 0.317 e. The Balaban J connectivity index is 1.65. The molecule has 1 N–H and O–H groups in total. The molecule has 1 aromatic carbocycles. The Morgan fingerprint density at radius 1 is 1.29 bits per heavy atom. The van der Waals surface area contributed by atoms with Gasteiger partial charge in [-0.2, -0.15) is 0 Å². The largest absolute Gasteiger partial charge is 0.424 e. The molecule has 3 rings (SSSR count). The number of carbonyl (C=O) groups is 1. The van der Waals surface area contributed by atoms with Crippen LogP contribution in [0.4, 0.5) is 4.79 Å². The smallest absolute Gasteiger partial charge is 0.317 e. The third kappa shape index (κ3) is 5.10. The van der Waals surface area contributed by atoms with Crippen molar-refractivity contribution >= 4 is 6.03 Å². The Morgan fingerprint density at radius 3 is 2.64 bits per heavy atom. The molecule has 1 fully saturated rings.